The first kappa shape index (κ1) is 6.81. The van der Waals surface area contributed by atoms with Gasteiger partial charge in [-0.2, -0.15) is 0 Å². The topological polar surface area (TPSA) is 26.0 Å². The lowest BCUT2D eigenvalue weighted by Gasteiger charge is -2.29. The van der Waals surface area contributed by atoms with Crippen LogP contribution in [0.3, 0.4) is 0 Å². The van der Waals surface area contributed by atoms with E-state index in [9.17, 15) is 0 Å². The first-order valence-corrected chi connectivity index (χ1v) is 3.56. The van der Waals surface area contributed by atoms with E-state index in [1.807, 2.05) is 0 Å². The van der Waals surface area contributed by atoms with Crippen LogP contribution in [0, 0.1) is 5.92 Å². The van der Waals surface area contributed by atoms with E-state index in [1.54, 1.807) is 0 Å². The van der Waals surface area contributed by atoms with Crippen LogP contribution < -0.4 is 5.73 Å². The normalized spacial score (nSPS) is 43.2. The van der Waals surface area contributed by atoms with Crippen LogP contribution in [0.1, 0.15) is 26.7 Å². The maximum atomic E-state index is 5.92. The quantitative estimate of drug-likeness (QED) is 0.490. The standard InChI is InChI=1S/C8H15N/c1-7-4-3-5-8(2,9)6-7/h3-4,7H,5-6,9H2,1-2H3/t7-,8?/m0/s1. The molecule has 0 aromatic rings. The summed E-state index contributed by atoms with van der Waals surface area (Å²) >= 11 is 0. The average molecular weight is 125 g/mol. The molecule has 2 atom stereocenters. The molecular formula is C8H15N. The van der Waals surface area contributed by atoms with Crippen molar-refractivity contribution >= 4 is 0 Å². The second kappa shape index (κ2) is 2.14. The van der Waals surface area contributed by atoms with E-state index in [1.165, 1.54) is 0 Å². The fourth-order valence-electron chi connectivity index (χ4n) is 1.46. The highest BCUT2D eigenvalue weighted by Gasteiger charge is 2.21. The molecule has 0 spiro atoms. The van der Waals surface area contributed by atoms with Gasteiger partial charge in [0.05, 0.1) is 0 Å². The van der Waals surface area contributed by atoms with E-state index in [0.717, 1.165) is 12.8 Å². The molecule has 1 heteroatoms. The molecule has 0 bridgehead atoms. The zero-order chi connectivity index (χ0) is 6.91. The monoisotopic (exact) mass is 125 g/mol. The van der Waals surface area contributed by atoms with Crippen molar-refractivity contribution in [3.05, 3.63) is 12.2 Å². The van der Waals surface area contributed by atoms with Crippen molar-refractivity contribution in [3.63, 3.8) is 0 Å². The van der Waals surface area contributed by atoms with Crippen LogP contribution in [-0.2, 0) is 0 Å². The second-order valence-electron chi connectivity index (χ2n) is 3.47. The Morgan fingerprint density at radius 1 is 1.67 bits per heavy atom. The summed E-state index contributed by atoms with van der Waals surface area (Å²) < 4.78 is 0. The molecule has 52 valence electrons. The van der Waals surface area contributed by atoms with Gasteiger partial charge in [-0.1, -0.05) is 19.1 Å². The van der Waals surface area contributed by atoms with Gasteiger partial charge in [0.1, 0.15) is 0 Å². The second-order valence-corrected chi connectivity index (χ2v) is 3.47. The third kappa shape index (κ3) is 1.83. The summed E-state index contributed by atoms with van der Waals surface area (Å²) in [6.45, 7) is 4.33. The molecular weight excluding hydrogens is 110 g/mol. The molecule has 1 unspecified atom stereocenters. The van der Waals surface area contributed by atoms with Gasteiger partial charge in [0.2, 0.25) is 0 Å². The molecule has 0 amide bonds. The smallest absolute Gasteiger partial charge is 0.0166 e. The van der Waals surface area contributed by atoms with Gasteiger partial charge in [-0.25, -0.2) is 0 Å². The van der Waals surface area contributed by atoms with Crippen LogP contribution in [0.5, 0.6) is 0 Å². The van der Waals surface area contributed by atoms with Crippen LogP contribution in [0.25, 0.3) is 0 Å². The van der Waals surface area contributed by atoms with Crippen molar-refractivity contribution in [3.8, 4) is 0 Å². The SMILES string of the molecule is C[C@H]1C=CCC(C)(N)C1. The maximum absolute atomic E-state index is 5.92. The molecule has 2 N–H and O–H groups in total. The van der Waals surface area contributed by atoms with Gasteiger partial charge >= 0.3 is 0 Å². The molecule has 0 heterocycles. The van der Waals surface area contributed by atoms with Gasteiger partial charge in [-0.15, -0.1) is 0 Å². The Hall–Kier alpha value is -0.300. The highest BCUT2D eigenvalue weighted by molar-refractivity contribution is 5.01. The third-order valence-corrected chi connectivity index (χ3v) is 1.84. The predicted octanol–water partition coefficient (Wildman–Crippen LogP) is 1.69. The Kier molecular flexibility index (Phi) is 1.62. The summed E-state index contributed by atoms with van der Waals surface area (Å²) in [5.74, 6) is 0.675. The summed E-state index contributed by atoms with van der Waals surface area (Å²) in [4.78, 5) is 0. The highest BCUT2D eigenvalue weighted by atomic mass is 14.7. The Bertz CT molecular complexity index is 125. The van der Waals surface area contributed by atoms with Gasteiger partial charge in [0.15, 0.2) is 0 Å². The van der Waals surface area contributed by atoms with Gasteiger partial charge in [-0.3, -0.25) is 0 Å². The first-order valence-electron chi connectivity index (χ1n) is 3.56. The zero-order valence-corrected chi connectivity index (χ0v) is 6.22. The van der Waals surface area contributed by atoms with Crippen LogP contribution >= 0.6 is 0 Å². The predicted molar refractivity (Wildman–Crippen MR) is 40.1 cm³/mol. The minimum Gasteiger partial charge on any atom is -0.325 e. The Morgan fingerprint density at radius 2 is 2.33 bits per heavy atom. The van der Waals surface area contributed by atoms with Crippen molar-refractivity contribution in [1.29, 1.82) is 0 Å². The zero-order valence-electron chi connectivity index (χ0n) is 6.22. The molecule has 9 heavy (non-hydrogen) atoms. The van der Waals surface area contributed by atoms with Crippen LogP contribution in [0.15, 0.2) is 12.2 Å². The molecule has 0 aromatic heterocycles. The lowest BCUT2D eigenvalue weighted by Crippen LogP contribution is -2.38. The van der Waals surface area contributed by atoms with Gasteiger partial charge in [-0.05, 0) is 25.7 Å². The van der Waals surface area contributed by atoms with Crippen molar-refractivity contribution in [1.82, 2.24) is 0 Å². The van der Waals surface area contributed by atoms with Crippen molar-refractivity contribution < 1.29 is 0 Å². The van der Waals surface area contributed by atoms with E-state index in [4.69, 9.17) is 5.73 Å². The van der Waals surface area contributed by atoms with Gasteiger partial charge in [0, 0.05) is 5.54 Å². The molecule has 0 aromatic carbocycles. The molecule has 1 aliphatic carbocycles. The van der Waals surface area contributed by atoms with Crippen LogP contribution in [-0.4, -0.2) is 5.54 Å². The van der Waals surface area contributed by atoms with E-state index in [2.05, 4.69) is 26.0 Å². The highest BCUT2D eigenvalue weighted by Crippen LogP contribution is 2.23. The van der Waals surface area contributed by atoms with Crippen molar-refractivity contribution in [2.75, 3.05) is 0 Å². The lowest BCUT2D eigenvalue weighted by atomic mass is 9.83. The fourth-order valence-corrected chi connectivity index (χ4v) is 1.46. The molecule has 0 saturated carbocycles. The number of hydrogen-bond donors (Lipinski definition) is 1. The Labute approximate surface area is 56.9 Å². The minimum atomic E-state index is 0.0637. The molecule has 0 radical (unpaired) electrons. The summed E-state index contributed by atoms with van der Waals surface area (Å²) in [6.07, 6.45) is 6.60. The van der Waals surface area contributed by atoms with E-state index >= 15 is 0 Å². The minimum absolute atomic E-state index is 0.0637. The van der Waals surface area contributed by atoms with Crippen molar-refractivity contribution in [2.24, 2.45) is 11.7 Å². The molecule has 1 aliphatic rings. The molecule has 1 rings (SSSR count). The number of rotatable bonds is 0. The van der Waals surface area contributed by atoms with Gasteiger partial charge < -0.3 is 5.73 Å². The maximum Gasteiger partial charge on any atom is 0.0166 e. The first-order chi connectivity index (χ1) is 4.10. The molecule has 1 nitrogen and oxygen atoms in total. The molecule has 0 aliphatic heterocycles. The van der Waals surface area contributed by atoms with E-state index in [0.29, 0.717) is 5.92 Å². The molecule has 0 fully saturated rings. The van der Waals surface area contributed by atoms with Crippen LogP contribution in [0.4, 0.5) is 0 Å². The summed E-state index contributed by atoms with van der Waals surface area (Å²) in [5, 5.41) is 0. The fraction of sp³-hybridized carbons (Fsp3) is 0.750. The summed E-state index contributed by atoms with van der Waals surface area (Å²) in [5.41, 5.74) is 5.98. The van der Waals surface area contributed by atoms with Crippen LogP contribution in [0.2, 0.25) is 0 Å². The summed E-state index contributed by atoms with van der Waals surface area (Å²) in [6, 6.07) is 0. The van der Waals surface area contributed by atoms with Crippen molar-refractivity contribution in [2.45, 2.75) is 32.2 Å². The largest absolute Gasteiger partial charge is 0.325 e. The summed E-state index contributed by atoms with van der Waals surface area (Å²) in [7, 11) is 0. The lowest BCUT2D eigenvalue weighted by molar-refractivity contribution is 0.374. The van der Waals surface area contributed by atoms with E-state index < -0.39 is 0 Å². The number of nitrogens with two attached hydrogens (primary N) is 1. The van der Waals surface area contributed by atoms with E-state index in [-0.39, 0.29) is 5.54 Å². The third-order valence-electron chi connectivity index (χ3n) is 1.84. The Balaban J connectivity index is 2.58. The number of allylic oxidation sites excluding steroid dienone is 1. The van der Waals surface area contributed by atoms with Gasteiger partial charge in [0.25, 0.3) is 0 Å². The molecule has 0 saturated heterocycles. The number of hydrogen-bond acceptors (Lipinski definition) is 1. The average Bonchev–Trinajstić information content (AvgIpc) is 1.60. The Morgan fingerprint density at radius 3 is 2.67 bits per heavy atom.